The van der Waals surface area contributed by atoms with Crippen molar-refractivity contribution >= 4 is 50.3 Å². The van der Waals surface area contributed by atoms with Crippen LogP contribution >= 0.6 is 11.3 Å². The van der Waals surface area contributed by atoms with Gasteiger partial charge in [-0.15, -0.1) is 0 Å². The Hall–Kier alpha value is -3.80. The van der Waals surface area contributed by atoms with Crippen LogP contribution in [0.15, 0.2) is 35.4 Å². The fraction of sp³-hybridized carbons (Fsp3) is 0.391. The molecule has 0 radical (unpaired) electrons. The van der Waals surface area contributed by atoms with Crippen molar-refractivity contribution in [2.75, 3.05) is 37.0 Å². The smallest absolute Gasteiger partial charge is 0.340 e. The Morgan fingerprint density at radius 1 is 1.20 bits per heavy atom. The molecule has 0 bridgehead atoms. The van der Waals surface area contributed by atoms with Gasteiger partial charge in [0.1, 0.15) is 17.6 Å². The summed E-state index contributed by atoms with van der Waals surface area (Å²) < 4.78 is 6.60. The minimum atomic E-state index is -0.541. The summed E-state index contributed by atoms with van der Waals surface area (Å²) in [6.07, 6.45) is 2.71. The maximum absolute atomic E-state index is 13.0. The van der Waals surface area contributed by atoms with E-state index in [0.29, 0.717) is 47.1 Å². The van der Waals surface area contributed by atoms with Crippen molar-refractivity contribution < 1.29 is 19.1 Å². The second-order valence-electron chi connectivity index (χ2n) is 8.02. The highest BCUT2D eigenvalue weighted by Crippen LogP contribution is 2.29. The molecular weight excluding hydrogens is 472 g/mol. The van der Waals surface area contributed by atoms with Crippen LogP contribution in [-0.4, -0.2) is 59.1 Å². The summed E-state index contributed by atoms with van der Waals surface area (Å²) in [5.74, 6) is -0.999. The zero-order valence-electron chi connectivity index (χ0n) is 19.4. The van der Waals surface area contributed by atoms with Gasteiger partial charge in [0.15, 0.2) is 10.8 Å². The minimum absolute atomic E-state index is 0.0200. The minimum Gasteiger partial charge on any atom is -0.462 e. The van der Waals surface area contributed by atoms with Crippen LogP contribution in [-0.2, 0) is 20.9 Å². The van der Waals surface area contributed by atoms with Crippen molar-refractivity contribution in [1.82, 2.24) is 19.9 Å². The number of carbonyl (C=O) groups is 3. The Balaban J connectivity index is 1.47. The topological polar surface area (TPSA) is 136 Å². The number of rotatable bonds is 7. The molecule has 2 aromatic heterocycles. The van der Waals surface area contributed by atoms with E-state index in [9.17, 15) is 19.2 Å². The molecule has 0 saturated carbocycles. The average Bonchev–Trinajstić information content (AvgIpc) is 3.31. The van der Waals surface area contributed by atoms with Crippen LogP contribution in [0.1, 0.15) is 30.1 Å². The van der Waals surface area contributed by atoms with Crippen LogP contribution in [0, 0.1) is 5.92 Å². The molecule has 1 aliphatic heterocycles. The lowest BCUT2D eigenvalue weighted by molar-refractivity contribution is -0.125. The third-order valence-corrected chi connectivity index (χ3v) is 6.86. The van der Waals surface area contributed by atoms with Crippen molar-refractivity contribution in [3.8, 4) is 0 Å². The van der Waals surface area contributed by atoms with Crippen LogP contribution in [0.2, 0.25) is 0 Å². The Morgan fingerprint density at radius 3 is 2.66 bits per heavy atom. The summed E-state index contributed by atoms with van der Waals surface area (Å²) in [7, 11) is 1.64. The summed E-state index contributed by atoms with van der Waals surface area (Å²) in [5, 5.41) is 6.03. The SMILES string of the molecule is CCOC(=O)c1ccccc1NC(=O)Cn1cnc2nc(N3CCC(C(=O)NC)CC3)sc2c1=O. The van der Waals surface area contributed by atoms with Gasteiger partial charge in [-0.25, -0.2) is 9.78 Å². The van der Waals surface area contributed by atoms with E-state index >= 15 is 0 Å². The molecule has 0 aliphatic carbocycles. The number of piperidine rings is 1. The number of esters is 1. The van der Waals surface area contributed by atoms with E-state index in [0.717, 1.165) is 0 Å². The highest BCUT2D eigenvalue weighted by molar-refractivity contribution is 7.22. The Morgan fingerprint density at radius 2 is 1.94 bits per heavy atom. The van der Waals surface area contributed by atoms with Gasteiger partial charge in [-0.1, -0.05) is 23.5 Å². The first-order valence-electron chi connectivity index (χ1n) is 11.3. The van der Waals surface area contributed by atoms with Gasteiger partial charge in [0.2, 0.25) is 11.8 Å². The molecule has 0 spiro atoms. The van der Waals surface area contributed by atoms with E-state index in [4.69, 9.17) is 4.74 Å². The lowest BCUT2D eigenvalue weighted by atomic mass is 9.96. The molecule has 0 atom stereocenters. The Labute approximate surface area is 205 Å². The fourth-order valence-corrected chi connectivity index (χ4v) is 4.96. The largest absolute Gasteiger partial charge is 0.462 e. The van der Waals surface area contributed by atoms with Crippen molar-refractivity contribution in [3.05, 3.63) is 46.5 Å². The van der Waals surface area contributed by atoms with Gasteiger partial charge >= 0.3 is 5.97 Å². The van der Waals surface area contributed by atoms with Crippen LogP contribution < -0.4 is 21.1 Å². The molecular formula is C23H26N6O5S. The van der Waals surface area contributed by atoms with Crippen LogP contribution in [0.3, 0.4) is 0 Å². The molecule has 1 saturated heterocycles. The quantitative estimate of drug-likeness (QED) is 0.469. The maximum atomic E-state index is 13.0. The Bertz CT molecular complexity index is 1310. The average molecular weight is 499 g/mol. The van der Waals surface area contributed by atoms with Crippen molar-refractivity contribution in [2.45, 2.75) is 26.3 Å². The second-order valence-corrected chi connectivity index (χ2v) is 8.99. The lowest BCUT2D eigenvalue weighted by Crippen LogP contribution is -2.39. The number of anilines is 2. The summed E-state index contributed by atoms with van der Waals surface area (Å²) in [6, 6.07) is 6.52. The monoisotopic (exact) mass is 498 g/mol. The van der Waals surface area contributed by atoms with Crippen molar-refractivity contribution in [2.24, 2.45) is 5.92 Å². The standard InChI is InChI=1S/C23H26N6O5S/c1-3-34-22(33)15-6-4-5-7-16(15)26-17(30)12-29-13-25-19-18(21(29)32)35-23(27-19)28-10-8-14(9-11-28)20(31)24-2/h4-7,13-14H,3,8-12H2,1-2H3,(H,24,31)(H,26,30). The molecule has 3 heterocycles. The van der Waals surface area contributed by atoms with E-state index in [1.54, 1.807) is 38.2 Å². The number of nitrogens with zero attached hydrogens (tertiary/aromatic N) is 4. The van der Waals surface area contributed by atoms with Crippen LogP contribution in [0.25, 0.3) is 10.3 Å². The Kier molecular flexibility index (Phi) is 7.39. The number of benzene rings is 1. The van der Waals surface area contributed by atoms with Gasteiger partial charge in [-0.2, -0.15) is 4.98 Å². The fourth-order valence-electron chi connectivity index (χ4n) is 3.94. The third-order valence-electron chi connectivity index (χ3n) is 5.77. The molecule has 4 rings (SSSR count). The molecule has 1 aromatic carbocycles. The molecule has 2 N–H and O–H groups in total. The molecule has 3 aromatic rings. The number of thiazole rings is 1. The predicted molar refractivity (Wildman–Crippen MR) is 132 cm³/mol. The van der Waals surface area contributed by atoms with E-state index in [-0.39, 0.29) is 36.1 Å². The second kappa shape index (κ2) is 10.6. The first-order chi connectivity index (χ1) is 16.9. The lowest BCUT2D eigenvalue weighted by Gasteiger charge is -2.30. The molecule has 12 heteroatoms. The number of para-hydroxylation sites is 1. The zero-order valence-corrected chi connectivity index (χ0v) is 20.3. The number of nitrogens with one attached hydrogen (secondary N) is 2. The van der Waals surface area contributed by atoms with Crippen LogP contribution in [0.5, 0.6) is 0 Å². The number of ether oxygens (including phenoxy) is 1. The highest BCUT2D eigenvalue weighted by atomic mass is 32.1. The number of amides is 2. The molecule has 1 aliphatic rings. The first-order valence-corrected chi connectivity index (χ1v) is 12.1. The molecule has 184 valence electrons. The summed E-state index contributed by atoms with van der Waals surface area (Å²) in [5.41, 5.74) is 0.495. The van der Waals surface area contributed by atoms with E-state index in [2.05, 4.69) is 25.5 Å². The third kappa shape index (κ3) is 5.32. The maximum Gasteiger partial charge on any atom is 0.340 e. The number of hydrogen-bond acceptors (Lipinski definition) is 9. The van der Waals surface area contributed by atoms with Gasteiger partial charge in [-0.3, -0.25) is 19.0 Å². The van der Waals surface area contributed by atoms with E-state index in [1.807, 2.05) is 0 Å². The van der Waals surface area contributed by atoms with Crippen molar-refractivity contribution in [1.29, 1.82) is 0 Å². The molecule has 11 nitrogen and oxygen atoms in total. The van der Waals surface area contributed by atoms with Crippen molar-refractivity contribution in [3.63, 3.8) is 0 Å². The van der Waals surface area contributed by atoms with Gasteiger partial charge in [0.05, 0.1) is 17.9 Å². The van der Waals surface area contributed by atoms with Crippen LogP contribution in [0.4, 0.5) is 10.8 Å². The number of aromatic nitrogens is 3. The van der Waals surface area contributed by atoms with Gasteiger partial charge in [0, 0.05) is 26.1 Å². The van der Waals surface area contributed by atoms with Gasteiger partial charge in [-0.05, 0) is 31.9 Å². The first kappa shape index (κ1) is 24.3. The van der Waals surface area contributed by atoms with E-state index < -0.39 is 11.9 Å². The molecule has 2 amide bonds. The van der Waals surface area contributed by atoms with E-state index in [1.165, 1.54) is 22.2 Å². The number of fused-ring (bicyclic) bond motifs is 1. The number of hydrogen-bond donors (Lipinski definition) is 2. The van der Waals surface area contributed by atoms with Gasteiger partial charge < -0.3 is 20.3 Å². The molecule has 0 unspecified atom stereocenters. The predicted octanol–water partition coefficient (Wildman–Crippen LogP) is 1.63. The normalized spacial score (nSPS) is 14.1. The number of carbonyl (C=O) groups excluding carboxylic acids is 3. The highest BCUT2D eigenvalue weighted by Gasteiger charge is 2.26. The van der Waals surface area contributed by atoms with Gasteiger partial charge in [0.25, 0.3) is 5.56 Å². The summed E-state index contributed by atoms with van der Waals surface area (Å²) >= 11 is 1.23. The summed E-state index contributed by atoms with van der Waals surface area (Å²) in [6.45, 7) is 2.96. The zero-order chi connectivity index (χ0) is 24.9. The molecule has 1 fully saturated rings. The molecule has 35 heavy (non-hydrogen) atoms. The summed E-state index contributed by atoms with van der Waals surface area (Å²) in [4.78, 5) is 60.5.